The average Bonchev–Trinajstić information content (AvgIpc) is 2.91. The third-order valence-electron chi connectivity index (χ3n) is 2.84. The number of nitrogens with zero attached hydrogens (tertiary/aromatic N) is 2. The molecule has 2 rings (SSSR count). The number of sulfonamides is 1. The fourth-order valence-corrected chi connectivity index (χ4v) is 2.94. The van der Waals surface area contributed by atoms with Crippen LogP contribution in [-0.4, -0.2) is 46.2 Å². The van der Waals surface area contributed by atoms with Gasteiger partial charge in [-0.15, -0.1) is 0 Å². The predicted molar refractivity (Wildman–Crippen MR) is 72.3 cm³/mol. The van der Waals surface area contributed by atoms with Gasteiger partial charge >= 0.3 is 5.97 Å². The summed E-state index contributed by atoms with van der Waals surface area (Å²) >= 11 is 0. The highest BCUT2D eigenvalue weighted by molar-refractivity contribution is 7.89. The number of aromatic nitrogens is 2. The maximum absolute atomic E-state index is 12.3. The van der Waals surface area contributed by atoms with E-state index in [0.29, 0.717) is 5.56 Å². The Hall–Kier alpha value is -2.39. The van der Waals surface area contributed by atoms with Gasteiger partial charge in [0.2, 0.25) is 0 Å². The van der Waals surface area contributed by atoms with Crippen molar-refractivity contribution in [1.29, 1.82) is 0 Å². The van der Waals surface area contributed by atoms with E-state index < -0.39 is 26.6 Å². The van der Waals surface area contributed by atoms with Crippen LogP contribution in [0.4, 0.5) is 0 Å². The summed E-state index contributed by atoms with van der Waals surface area (Å²) < 4.78 is 25.7. The molecule has 0 radical (unpaired) electrons. The second-order valence-corrected chi connectivity index (χ2v) is 6.33. The first-order valence-electron chi connectivity index (χ1n) is 5.83. The minimum absolute atomic E-state index is 0.0285. The molecular weight excluding hydrogens is 298 g/mol. The van der Waals surface area contributed by atoms with E-state index >= 15 is 0 Å². The molecule has 0 fully saturated rings. The number of carboxylic acid groups (broad SMARTS) is 1. The van der Waals surface area contributed by atoms with Crippen LogP contribution in [0.2, 0.25) is 0 Å². The molecule has 3 N–H and O–H groups in total. The SMILES string of the molecule is CN(Cc1ccc(O)cc1)S(=O)(=O)c1[nH]ncc1C(=O)O. The first-order chi connectivity index (χ1) is 9.82. The molecule has 0 unspecified atom stereocenters. The summed E-state index contributed by atoms with van der Waals surface area (Å²) in [5.41, 5.74) is 0.239. The van der Waals surface area contributed by atoms with E-state index in [1.807, 2.05) is 0 Å². The third-order valence-corrected chi connectivity index (χ3v) is 4.62. The van der Waals surface area contributed by atoms with Gasteiger partial charge in [-0.2, -0.15) is 9.40 Å². The van der Waals surface area contributed by atoms with Crippen LogP contribution in [0.5, 0.6) is 5.75 Å². The highest BCUT2D eigenvalue weighted by Crippen LogP contribution is 2.19. The van der Waals surface area contributed by atoms with Crippen molar-refractivity contribution in [3.63, 3.8) is 0 Å². The van der Waals surface area contributed by atoms with Crippen molar-refractivity contribution in [3.05, 3.63) is 41.6 Å². The zero-order valence-electron chi connectivity index (χ0n) is 11.0. The number of hydrogen-bond donors (Lipinski definition) is 3. The van der Waals surface area contributed by atoms with Crippen LogP contribution in [-0.2, 0) is 16.6 Å². The number of carbonyl (C=O) groups is 1. The molecule has 112 valence electrons. The summed E-state index contributed by atoms with van der Waals surface area (Å²) in [7, 11) is -2.68. The lowest BCUT2D eigenvalue weighted by atomic mass is 10.2. The van der Waals surface area contributed by atoms with Gasteiger partial charge in [0.1, 0.15) is 11.3 Å². The zero-order chi connectivity index (χ0) is 15.6. The monoisotopic (exact) mass is 311 g/mol. The van der Waals surface area contributed by atoms with E-state index in [1.54, 1.807) is 12.1 Å². The molecule has 0 aliphatic carbocycles. The summed E-state index contributed by atoms with van der Waals surface area (Å²) in [5.74, 6) is -1.30. The van der Waals surface area contributed by atoms with E-state index in [0.717, 1.165) is 10.5 Å². The van der Waals surface area contributed by atoms with E-state index in [9.17, 15) is 18.3 Å². The van der Waals surface area contributed by atoms with Crippen molar-refractivity contribution >= 4 is 16.0 Å². The van der Waals surface area contributed by atoms with Gasteiger partial charge < -0.3 is 10.2 Å². The Morgan fingerprint density at radius 2 is 1.95 bits per heavy atom. The smallest absolute Gasteiger partial charge is 0.340 e. The van der Waals surface area contributed by atoms with Gasteiger partial charge in [-0.1, -0.05) is 12.1 Å². The van der Waals surface area contributed by atoms with E-state index in [-0.39, 0.29) is 12.3 Å². The van der Waals surface area contributed by atoms with Crippen molar-refractivity contribution in [2.75, 3.05) is 7.05 Å². The molecule has 0 bridgehead atoms. The van der Waals surface area contributed by atoms with Gasteiger partial charge in [0, 0.05) is 13.6 Å². The Morgan fingerprint density at radius 1 is 1.33 bits per heavy atom. The maximum Gasteiger partial charge on any atom is 0.340 e. The molecule has 8 nitrogen and oxygen atoms in total. The van der Waals surface area contributed by atoms with Crippen LogP contribution in [0.15, 0.2) is 35.5 Å². The molecule has 1 aromatic heterocycles. The second kappa shape index (κ2) is 5.54. The number of benzene rings is 1. The molecule has 0 atom stereocenters. The lowest BCUT2D eigenvalue weighted by molar-refractivity contribution is 0.0692. The summed E-state index contributed by atoms with van der Waals surface area (Å²) in [6.07, 6.45) is 0.948. The van der Waals surface area contributed by atoms with Crippen molar-refractivity contribution in [3.8, 4) is 5.75 Å². The number of phenolic OH excluding ortho intramolecular Hbond substituents is 1. The van der Waals surface area contributed by atoms with Gasteiger partial charge in [0.25, 0.3) is 10.0 Å². The fraction of sp³-hybridized carbons (Fsp3) is 0.167. The molecule has 0 saturated carbocycles. The molecule has 9 heteroatoms. The summed E-state index contributed by atoms with van der Waals surface area (Å²) in [4.78, 5) is 11.0. The molecule has 2 aromatic rings. The summed E-state index contributed by atoms with van der Waals surface area (Å²) in [6.45, 7) is 0.0285. The van der Waals surface area contributed by atoms with Gasteiger partial charge in [0.15, 0.2) is 5.03 Å². The quantitative estimate of drug-likeness (QED) is 0.744. The number of hydrogen-bond acceptors (Lipinski definition) is 5. The first-order valence-corrected chi connectivity index (χ1v) is 7.27. The predicted octanol–water partition coefficient (Wildman–Crippen LogP) is 0.634. The zero-order valence-corrected chi connectivity index (χ0v) is 11.8. The Morgan fingerprint density at radius 3 is 2.52 bits per heavy atom. The van der Waals surface area contributed by atoms with Crippen molar-refractivity contribution in [1.82, 2.24) is 14.5 Å². The van der Waals surface area contributed by atoms with E-state index in [1.165, 1.54) is 19.2 Å². The van der Waals surface area contributed by atoms with Gasteiger partial charge in [-0.3, -0.25) is 5.10 Å². The minimum Gasteiger partial charge on any atom is -0.508 e. The van der Waals surface area contributed by atoms with Crippen LogP contribution < -0.4 is 0 Å². The topological polar surface area (TPSA) is 124 Å². The Labute approximate surface area is 120 Å². The van der Waals surface area contributed by atoms with Gasteiger partial charge in [0.05, 0.1) is 6.20 Å². The molecule has 0 aliphatic heterocycles. The number of carboxylic acids is 1. The summed E-state index contributed by atoms with van der Waals surface area (Å²) in [6, 6.07) is 6.03. The number of aromatic carboxylic acids is 1. The molecule has 0 aliphatic rings. The minimum atomic E-state index is -4.01. The average molecular weight is 311 g/mol. The molecule has 21 heavy (non-hydrogen) atoms. The van der Waals surface area contributed by atoms with E-state index in [2.05, 4.69) is 10.2 Å². The number of H-pyrrole nitrogens is 1. The van der Waals surface area contributed by atoms with Crippen molar-refractivity contribution in [2.24, 2.45) is 0 Å². The van der Waals surface area contributed by atoms with Crippen LogP contribution >= 0.6 is 0 Å². The van der Waals surface area contributed by atoms with Crippen molar-refractivity contribution in [2.45, 2.75) is 11.6 Å². The number of rotatable bonds is 5. The van der Waals surface area contributed by atoms with E-state index in [4.69, 9.17) is 5.11 Å². The van der Waals surface area contributed by atoms with Crippen LogP contribution in [0.3, 0.4) is 0 Å². The van der Waals surface area contributed by atoms with Crippen LogP contribution in [0.1, 0.15) is 15.9 Å². The number of nitrogens with one attached hydrogen (secondary N) is 1. The highest BCUT2D eigenvalue weighted by atomic mass is 32.2. The molecule has 0 spiro atoms. The molecule has 0 amide bonds. The fourth-order valence-electron chi connectivity index (χ4n) is 1.72. The molecule has 0 saturated heterocycles. The number of phenols is 1. The maximum atomic E-state index is 12.3. The molecule has 1 heterocycles. The van der Waals surface area contributed by atoms with Gasteiger partial charge in [-0.05, 0) is 17.7 Å². The standard InChI is InChI=1S/C12H13N3O5S/c1-15(7-8-2-4-9(16)5-3-8)21(19,20)11-10(12(17)18)6-13-14-11/h2-6,16H,7H2,1H3,(H,13,14)(H,17,18). The van der Waals surface area contributed by atoms with Crippen molar-refractivity contribution < 1.29 is 23.4 Å². The largest absolute Gasteiger partial charge is 0.508 e. The number of aromatic hydroxyl groups is 1. The van der Waals surface area contributed by atoms with Gasteiger partial charge in [-0.25, -0.2) is 13.2 Å². The normalized spacial score (nSPS) is 11.7. The Kier molecular flexibility index (Phi) is 3.96. The first kappa shape index (κ1) is 15.0. The molecular formula is C12H13N3O5S. The Balaban J connectivity index is 2.28. The lowest BCUT2D eigenvalue weighted by Gasteiger charge is -2.16. The highest BCUT2D eigenvalue weighted by Gasteiger charge is 2.28. The lowest BCUT2D eigenvalue weighted by Crippen LogP contribution is -2.28. The van der Waals surface area contributed by atoms with Crippen LogP contribution in [0, 0.1) is 0 Å². The Bertz CT molecular complexity index is 751. The second-order valence-electron chi connectivity index (χ2n) is 4.35. The number of aromatic amines is 1. The summed E-state index contributed by atoms with van der Waals surface area (Å²) in [5, 5.41) is 23.3. The third kappa shape index (κ3) is 3.03. The van der Waals surface area contributed by atoms with Crippen LogP contribution in [0.25, 0.3) is 0 Å². The molecule has 1 aromatic carbocycles.